The summed E-state index contributed by atoms with van der Waals surface area (Å²) in [5, 5.41) is 0. The molecule has 1 aromatic rings. The minimum absolute atomic E-state index is 0.135. The summed E-state index contributed by atoms with van der Waals surface area (Å²) in [6.45, 7) is 1.81. The molecule has 1 saturated heterocycles. The van der Waals surface area contributed by atoms with Crippen molar-refractivity contribution in [2.75, 3.05) is 20.1 Å². The lowest BCUT2D eigenvalue weighted by Crippen LogP contribution is -2.29. The molecule has 0 aliphatic carbocycles. The molecule has 1 aromatic carbocycles. The monoisotopic (exact) mass is 243 g/mol. The second-order valence-electron chi connectivity index (χ2n) is 4.65. The summed E-state index contributed by atoms with van der Waals surface area (Å²) < 4.78 is 38.7. The molecular weight excluding hydrogens is 227 g/mol. The Hall–Kier alpha value is -1.03. The molecule has 0 radical (unpaired) electrons. The first-order valence-electron chi connectivity index (χ1n) is 5.84. The van der Waals surface area contributed by atoms with Gasteiger partial charge in [-0.2, -0.15) is 0 Å². The second-order valence-corrected chi connectivity index (χ2v) is 4.65. The summed E-state index contributed by atoms with van der Waals surface area (Å²) in [7, 11) is 2.02. The van der Waals surface area contributed by atoms with Gasteiger partial charge in [-0.1, -0.05) is 6.07 Å². The summed E-state index contributed by atoms with van der Waals surface area (Å²) in [6.07, 6.45) is -0.871. The van der Waals surface area contributed by atoms with Crippen LogP contribution in [-0.2, 0) is 0 Å². The number of alkyl halides is 2. The van der Waals surface area contributed by atoms with Gasteiger partial charge in [0, 0.05) is 5.56 Å². The number of hydrogen-bond donors (Lipinski definition) is 0. The SMILES string of the molecule is CN1CCC(c2ccc(F)cc2C(F)F)CC1. The number of nitrogens with zero attached hydrogens (tertiary/aromatic N) is 1. The van der Waals surface area contributed by atoms with E-state index in [0.29, 0.717) is 5.56 Å². The van der Waals surface area contributed by atoms with E-state index in [0.717, 1.165) is 32.0 Å². The van der Waals surface area contributed by atoms with Crippen LogP contribution in [0.3, 0.4) is 0 Å². The molecule has 0 N–H and O–H groups in total. The number of halogens is 3. The number of rotatable bonds is 2. The highest BCUT2D eigenvalue weighted by Crippen LogP contribution is 2.34. The summed E-state index contributed by atoms with van der Waals surface area (Å²) in [5.74, 6) is -0.451. The summed E-state index contributed by atoms with van der Waals surface area (Å²) >= 11 is 0. The Kier molecular flexibility index (Phi) is 3.72. The Bertz CT molecular complexity index is 384. The van der Waals surface area contributed by atoms with E-state index in [1.54, 1.807) is 0 Å². The molecule has 0 aromatic heterocycles. The fourth-order valence-corrected chi connectivity index (χ4v) is 2.43. The van der Waals surface area contributed by atoms with Gasteiger partial charge >= 0.3 is 0 Å². The van der Waals surface area contributed by atoms with Crippen molar-refractivity contribution in [2.24, 2.45) is 0 Å². The van der Waals surface area contributed by atoms with E-state index >= 15 is 0 Å². The maximum absolute atomic E-state index is 13.0. The van der Waals surface area contributed by atoms with Crippen LogP contribution in [0.25, 0.3) is 0 Å². The van der Waals surface area contributed by atoms with Crippen LogP contribution in [-0.4, -0.2) is 25.0 Å². The van der Waals surface area contributed by atoms with Crippen molar-refractivity contribution in [2.45, 2.75) is 25.2 Å². The minimum Gasteiger partial charge on any atom is -0.306 e. The number of benzene rings is 1. The normalized spacial score (nSPS) is 18.9. The lowest BCUT2D eigenvalue weighted by molar-refractivity contribution is 0.148. The zero-order valence-electron chi connectivity index (χ0n) is 9.80. The van der Waals surface area contributed by atoms with E-state index in [-0.39, 0.29) is 11.5 Å². The largest absolute Gasteiger partial charge is 0.306 e. The highest BCUT2D eigenvalue weighted by Gasteiger charge is 2.24. The van der Waals surface area contributed by atoms with Crippen molar-refractivity contribution in [1.82, 2.24) is 4.90 Å². The van der Waals surface area contributed by atoms with Crippen molar-refractivity contribution >= 4 is 0 Å². The fourth-order valence-electron chi connectivity index (χ4n) is 2.43. The van der Waals surface area contributed by atoms with Crippen molar-refractivity contribution in [3.63, 3.8) is 0 Å². The van der Waals surface area contributed by atoms with E-state index in [2.05, 4.69) is 4.90 Å². The Balaban J connectivity index is 2.25. The van der Waals surface area contributed by atoms with E-state index in [9.17, 15) is 13.2 Å². The quantitative estimate of drug-likeness (QED) is 0.767. The highest BCUT2D eigenvalue weighted by atomic mass is 19.3. The van der Waals surface area contributed by atoms with Crippen LogP contribution in [0.1, 0.15) is 36.3 Å². The van der Waals surface area contributed by atoms with Crippen LogP contribution >= 0.6 is 0 Å². The third-order valence-corrected chi connectivity index (χ3v) is 3.44. The van der Waals surface area contributed by atoms with Gasteiger partial charge in [0.05, 0.1) is 0 Å². The Morgan fingerprint density at radius 1 is 1.24 bits per heavy atom. The van der Waals surface area contributed by atoms with E-state index < -0.39 is 12.2 Å². The molecule has 0 atom stereocenters. The van der Waals surface area contributed by atoms with Gasteiger partial charge in [-0.05, 0) is 56.6 Å². The van der Waals surface area contributed by atoms with Crippen LogP contribution in [0.15, 0.2) is 18.2 Å². The molecule has 0 unspecified atom stereocenters. The standard InChI is InChI=1S/C13H16F3N/c1-17-6-4-9(5-7-17)11-3-2-10(14)8-12(11)13(15)16/h2-3,8-9,13H,4-7H2,1H3. The average molecular weight is 243 g/mol. The van der Waals surface area contributed by atoms with Crippen LogP contribution in [0, 0.1) is 5.82 Å². The zero-order chi connectivity index (χ0) is 12.4. The molecule has 1 heterocycles. The van der Waals surface area contributed by atoms with Gasteiger partial charge in [0.15, 0.2) is 0 Å². The molecule has 1 aliphatic rings. The zero-order valence-corrected chi connectivity index (χ0v) is 9.80. The Morgan fingerprint density at radius 3 is 2.47 bits per heavy atom. The van der Waals surface area contributed by atoms with E-state index in [1.807, 2.05) is 7.05 Å². The molecule has 4 heteroatoms. The number of hydrogen-bond acceptors (Lipinski definition) is 1. The minimum atomic E-state index is -2.60. The smallest absolute Gasteiger partial charge is 0.264 e. The van der Waals surface area contributed by atoms with Gasteiger partial charge in [-0.25, -0.2) is 13.2 Å². The van der Waals surface area contributed by atoms with Crippen molar-refractivity contribution in [3.05, 3.63) is 35.1 Å². The maximum Gasteiger partial charge on any atom is 0.264 e. The molecular formula is C13H16F3N. The topological polar surface area (TPSA) is 3.24 Å². The van der Waals surface area contributed by atoms with Gasteiger partial charge in [0.25, 0.3) is 6.43 Å². The highest BCUT2D eigenvalue weighted by molar-refractivity contribution is 5.32. The molecule has 0 amide bonds. The number of likely N-dealkylation sites (tertiary alicyclic amines) is 1. The van der Waals surface area contributed by atoms with E-state index in [4.69, 9.17) is 0 Å². The summed E-state index contributed by atoms with van der Waals surface area (Å²) in [6, 6.07) is 3.77. The first kappa shape index (κ1) is 12.4. The van der Waals surface area contributed by atoms with Gasteiger partial charge in [-0.15, -0.1) is 0 Å². The van der Waals surface area contributed by atoms with Crippen LogP contribution < -0.4 is 0 Å². The number of piperidine rings is 1. The Morgan fingerprint density at radius 2 is 1.88 bits per heavy atom. The van der Waals surface area contributed by atoms with Gasteiger partial charge in [0.1, 0.15) is 5.82 Å². The molecule has 0 spiro atoms. The van der Waals surface area contributed by atoms with Crippen molar-refractivity contribution in [3.8, 4) is 0 Å². The summed E-state index contributed by atoms with van der Waals surface area (Å²) in [5.41, 5.74) is 0.481. The second kappa shape index (κ2) is 5.08. The fraction of sp³-hybridized carbons (Fsp3) is 0.538. The van der Waals surface area contributed by atoms with Gasteiger partial charge in [0.2, 0.25) is 0 Å². The lowest BCUT2D eigenvalue weighted by Gasteiger charge is -2.30. The first-order chi connectivity index (χ1) is 8.08. The van der Waals surface area contributed by atoms with Crippen LogP contribution in [0.4, 0.5) is 13.2 Å². The molecule has 0 saturated carbocycles. The maximum atomic E-state index is 13.0. The third kappa shape index (κ3) is 2.80. The van der Waals surface area contributed by atoms with Crippen molar-refractivity contribution < 1.29 is 13.2 Å². The van der Waals surface area contributed by atoms with Crippen LogP contribution in [0.2, 0.25) is 0 Å². The van der Waals surface area contributed by atoms with Crippen LogP contribution in [0.5, 0.6) is 0 Å². The molecule has 17 heavy (non-hydrogen) atoms. The molecule has 1 fully saturated rings. The first-order valence-corrected chi connectivity index (χ1v) is 5.84. The predicted octanol–water partition coefficient (Wildman–Crippen LogP) is 3.57. The third-order valence-electron chi connectivity index (χ3n) is 3.44. The molecule has 0 bridgehead atoms. The van der Waals surface area contributed by atoms with E-state index in [1.165, 1.54) is 12.1 Å². The van der Waals surface area contributed by atoms with Gasteiger partial charge in [-0.3, -0.25) is 0 Å². The summed E-state index contributed by atoms with van der Waals surface area (Å²) in [4.78, 5) is 2.18. The Labute approximate surface area is 99.2 Å². The molecule has 94 valence electrons. The molecule has 1 aliphatic heterocycles. The van der Waals surface area contributed by atoms with Crippen molar-refractivity contribution in [1.29, 1.82) is 0 Å². The lowest BCUT2D eigenvalue weighted by atomic mass is 9.86. The predicted molar refractivity (Wildman–Crippen MR) is 60.8 cm³/mol. The van der Waals surface area contributed by atoms with Gasteiger partial charge < -0.3 is 4.90 Å². The average Bonchev–Trinajstić information content (AvgIpc) is 2.30. The molecule has 2 rings (SSSR count). The molecule has 1 nitrogen and oxygen atoms in total.